The van der Waals surface area contributed by atoms with Gasteiger partial charge in [-0.25, -0.2) is 0 Å². The van der Waals surface area contributed by atoms with Crippen LogP contribution in [0.15, 0.2) is 41.1 Å². The van der Waals surface area contributed by atoms with E-state index >= 15 is 0 Å². The van der Waals surface area contributed by atoms with Gasteiger partial charge in [-0.1, -0.05) is 12.1 Å². The van der Waals surface area contributed by atoms with Crippen LogP contribution in [0.1, 0.15) is 46.8 Å². The normalized spacial score (nSPS) is 17.2. The van der Waals surface area contributed by atoms with Gasteiger partial charge in [0.25, 0.3) is 0 Å². The quantitative estimate of drug-likeness (QED) is 0.432. The monoisotopic (exact) mass is 456 g/mol. The number of furan rings is 1. The van der Waals surface area contributed by atoms with Crippen LogP contribution in [0, 0.1) is 13.8 Å². The SMILES string of the molecule is Cc1ccc2c(CC(=O)N3CCCC(c4nnc5ccc(C(F)(F)F)cn45)C3)coc2c1C. The highest BCUT2D eigenvalue weighted by molar-refractivity contribution is 5.89. The standard InChI is InChI=1S/C24H23F3N4O2/c1-14-5-7-19-17(13-33-22(19)15(14)2)10-21(32)30-9-3-4-16(11-30)23-29-28-20-8-6-18(12-31(20)23)24(25,26)27/h5-8,12-13,16H,3-4,9-11H2,1-2H3. The lowest BCUT2D eigenvalue weighted by atomic mass is 9.96. The number of nitrogens with zero attached hydrogens (tertiary/aromatic N) is 4. The van der Waals surface area contributed by atoms with E-state index in [1.807, 2.05) is 26.0 Å². The first-order valence-electron chi connectivity index (χ1n) is 10.9. The topological polar surface area (TPSA) is 63.6 Å². The van der Waals surface area contributed by atoms with Gasteiger partial charge >= 0.3 is 6.18 Å². The fourth-order valence-electron chi connectivity index (χ4n) is 4.57. The lowest BCUT2D eigenvalue weighted by Crippen LogP contribution is -2.40. The van der Waals surface area contributed by atoms with Crippen molar-refractivity contribution in [1.29, 1.82) is 0 Å². The molecule has 6 nitrogen and oxygen atoms in total. The zero-order chi connectivity index (χ0) is 23.3. The van der Waals surface area contributed by atoms with Crippen LogP contribution in [0.2, 0.25) is 0 Å². The number of likely N-dealkylation sites (tertiary alicyclic amines) is 1. The highest BCUT2D eigenvalue weighted by Crippen LogP contribution is 2.32. The van der Waals surface area contributed by atoms with Crippen molar-refractivity contribution in [1.82, 2.24) is 19.5 Å². The number of aryl methyl sites for hydroxylation is 2. The third-order valence-electron chi connectivity index (χ3n) is 6.58. The molecule has 4 aromatic rings. The molecule has 172 valence electrons. The van der Waals surface area contributed by atoms with Gasteiger partial charge in [-0.2, -0.15) is 13.2 Å². The number of amides is 1. The molecule has 33 heavy (non-hydrogen) atoms. The number of rotatable bonds is 3. The van der Waals surface area contributed by atoms with Crippen molar-refractivity contribution in [3.05, 3.63) is 64.8 Å². The zero-order valence-electron chi connectivity index (χ0n) is 18.3. The molecule has 0 aliphatic carbocycles. The number of hydrogen-bond donors (Lipinski definition) is 0. The summed E-state index contributed by atoms with van der Waals surface area (Å²) in [6.07, 6.45) is -0.0905. The molecule has 0 radical (unpaired) electrons. The van der Waals surface area contributed by atoms with Crippen molar-refractivity contribution in [3.63, 3.8) is 0 Å². The second-order valence-corrected chi connectivity index (χ2v) is 8.70. The fraction of sp³-hybridized carbons (Fsp3) is 0.375. The minimum Gasteiger partial charge on any atom is -0.464 e. The summed E-state index contributed by atoms with van der Waals surface area (Å²) in [6, 6.07) is 6.31. The number of benzene rings is 1. The molecule has 1 saturated heterocycles. The molecule has 1 aliphatic heterocycles. The van der Waals surface area contributed by atoms with E-state index in [1.165, 1.54) is 10.5 Å². The van der Waals surface area contributed by atoms with Gasteiger partial charge in [0.2, 0.25) is 5.91 Å². The Labute approximate surface area is 188 Å². The molecule has 9 heteroatoms. The molecular formula is C24H23F3N4O2. The van der Waals surface area contributed by atoms with E-state index in [-0.39, 0.29) is 18.2 Å². The van der Waals surface area contributed by atoms with Crippen molar-refractivity contribution in [3.8, 4) is 0 Å². The van der Waals surface area contributed by atoms with Crippen LogP contribution in [-0.4, -0.2) is 38.5 Å². The molecule has 0 saturated carbocycles. The predicted octanol–water partition coefficient (Wildman–Crippen LogP) is 5.06. The lowest BCUT2D eigenvalue weighted by molar-refractivity contribution is -0.137. The number of fused-ring (bicyclic) bond motifs is 2. The second-order valence-electron chi connectivity index (χ2n) is 8.70. The second kappa shape index (κ2) is 7.90. The van der Waals surface area contributed by atoms with Crippen LogP contribution in [0.5, 0.6) is 0 Å². The van der Waals surface area contributed by atoms with E-state index in [0.717, 1.165) is 52.8 Å². The van der Waals surface area contributed by atoms with Crippen LogP contribution in [0.3, 0.4) is 0 Å². The van der Waals surface area contributed by atoms with E-state index in [4.69, 9.17) is 4.42 Å². The summed E-state index contributed by atoms with van der Waals surface area (Å²) in [7, 11) is 0. The van der Waals surface area contributed by atoms with Crippen LogP contribution in [0.25, 0.3) is 16.6 Å². The Bertz CT molecular complexity index is 1360. The minimum atomic E-state index is -4.45. The summed E-state index contributed by atoms with van der Waals surface area (Å²) in [6.45, 7) is 5.01. The van der Waals surface area contributed by atoms with Crippen molar-refractivity contribution in [2.45, 2.75) is 45.2 Å². The van der Waals surface area contributed by atoms with Crippen molar-refractivity contribution in [2.24, 2.45) is 0 Å². The first-order chi connectivity index (χ1) is 15.7. The van der Waals surface area contributed by atoms with Crippen molar-refractivity contribution in [2.75, 3.05) is 13.1 Å². The van der Waals surface area contributed by atoms with Crippen LogP contribution < -0.4 is 0 Å². The Balaban J connectivity index is 1.37. The number of hydrogen-bond acceptors (Lipinski definition) is 4. The summed E-state index contributed by atoms with van der Waals surface area (Å²) < 4.78 is 46.7. The van der Waals surface area contributed by atoms with Gasteiger partial charge in [-0.15, -0.1) is 10.2 Å². The Hall–Kier alpha value is -3.36. The Morgan fingerprint density at radius 1 is 1.18 bits per heavy atom. The van der Waals surface area contributed by atoms with Gasteiger partial charge in [0.15, 0.2) is 5.65 Å². The number of alkyl halides is 3. The number of carbonyl (C=O) groups excluding carboxylic acids is 1. The summed E-state index contributed by atoms with van der Waals surface area (Å²) in [5.74, 6) is 0.228. The van der Waals surface area contributed by atoms with Crippen molar-refractivity contribution >= 4 is 22.5 Å². The van der Waals surface area contributed by atoms with Crippen LogP contribution in [-0.2, 0) is 17.4 Å². The molecule has 1 amide bonds. The number of piperidine rings is 1. The zero-order valence-corrected chi connectivity index (χ0v) is 18.3. The average molecular weight is 456 g/mol. The lowest BCUT2D eigenvalue weighted by Gasteiger charge is -2.32. The van der Waals surface area contributed by atoms with E-state index in [9.17, 15) is 18.0 Å². The first-order valence-corrected chi connectivity index (χ1v) is 10.9. The van der Waals surface area contributed by atoms with Gasteiger partial charge in [0.05, 0.1) is 18.2 Å². The summed E-state index contributed by atoms with van der Waals surface area (Å²) in [4.78, 5) is 14.9. The Morgan fingerprint density at radius 2 is 2.00 bits per heavy atom. The third kappa shape index (κ3) is 3.85. The van der Waals surface area contributed by atoms with Gasteiger partial charge in [-0.05, 0) is 49.9 Å². The highest BCUT2D eigenvalue weighted by atomic mass is 19.4. The smallest absolute Gasteiger partial charge is 0.417 e. The van der Waals surface area contributed by atoms with Crippen molar-refractivity contribution < 1.29 is 22.4 Å². The number of pyridine rings is 1. The number of halogens is 3. The molecule has 5 rings (SSSR count). The Morgan fingerprint density at radius 3 is 2.79 bits per heavy atom. The van der Waals surface area contributed by atoms with E-state index < -0.39 is 11.7 Å². The van der Waals surface area contributed by atoms with E-state index in [2.05, 4.69) is 10.2 Å². The van der Waals surface area contributed by atoms with Gasteiger partial charge in [-0.3, -0.25) is 9.20 Å². The molecule has 1 unspecified atom stereocenters. The molecule has 3 aromatic heterocycles. The first kappa shape index (κ1) is 21.5. The maximum Gasteiger partial charge on any atom is 0.417 e. The molecule has 1 aromatic carbocycles. The predicted molar refractivity (Wildman–Crippen MR) is 116 cm³/mol. The molecule has 4 heterocycles. The minimum absolute atomic E-state index is 0.0366. The highest BCUT2D eigenvalue weighted by Gasteiger charge is 2.33. The fourth-order valence-corrected chi connectivity index (χ4v) is 4.57. The summed E-state index contributed by atoms with van der Waals surface area (Å²) in [5, 5.41) is 9.12. The molecule has 0 N–H and O–H groups in total. The summed E-state index contributed by atoms with van der Waals surface area (Å²) in [5.41, 5.74) is 3.42. The largest absolute Gasteiger partial charge is 0.464 e. The molecule has 1 aliphatic rings. The average Bonchev–Trinajstić information content (AvgIpc) is 3.40. The van der Waals surface area contributed by atoms with E-state index in [0.29, 0.717) is 24.6 Å². The van der Waals surface area contributed by atoms with Gasteiger partial charge in [0.1, 0.15) is 11.4 Å². The van der Waals surface area contributed by atoms with Gasteiger partial charge in [0, 0.05) is 36.2 Å². The molecule has 0 spiro atoms. The molecular weight excluding hydrogens is 433 g/mol. The third-order valence-corrected chi connectivity index (χ3v) is 6.58. The van der Waals surface area contributed by atoms with E-state index in [1.54, 1.807) is 11.2 Å². The van der Waals surface area contributed by atoms with Gasteiger partial charge < -0.3 is 9.32 Å². The van der Waals surface area contributed by atoms with Crippen LogP contribution in [0.4, 0.5) is 13.2 Å². The molecule has 0 bridgehead atoms. The molecule has 1 atom stereocenters. The molecule has 1 fully saturated rings. The number of carbonyl (C=O) groups is 1. The summed E-state index contributed by atoms with van der Waals surface area (Å²) >= 11 is 0. The maximum atomic E-state index is 13.2. The number of aromatic nitrogens is 3. The van der Waals surface area contributed by atoms with Crippen LogP contribution >= 0.6 is 0 Å². The maximum absolute atomic E-state index is 13.2. The Kier molecular flexibility index (Phi) is 5.14.